The molecule has 3 rings (SSSR count). The van der Waals surface area contributed by atoms with Crippen LogP contribution in [0.4, 0.5) is 0 Å². The maximum Gasteiger partial charge on any atom is 0.223 e. The first-order chi connectivity index (χ1) is 11.1. The van der Waals surface area contributed by atoms with Crippen molar-refractivity contribution in [2.45, 2.75) is 25.7 Å². The lowest BCUT2D eigenvalue weighted by Crippen LogP contribution is -2.29. The van der Waals surface area contributed by atoms with Crippen molar-refractivity contribution in [3.63, 3.8) is 0 Å². The van der Waals surface area contributed by atoms with Crippen LogP contribution in [0.3, 0.4) is 0 Å². The van der Waals surface area contributed by atoms with Gasteiger partial charge < -0.3 is 10.0 Å². The first-order valence-electron chi connectivity index (χ1n) is 7.85. The van der Waals surface area contributed by atoms with Gasteiger partial charge >= 0.3 is 0 Å². The summed E-state index contributed by atoms with van der Waals surface area (Å²) < 4.78 is 1.76. The van der Waals surface area contributed by atoms with Crippen molar-refractivity contribution in [3.8, 4) is 0 Å². The van der Waals surface area contributed by atoms with Crippen molar-refractivity contribution >= 4 is 17.2 Å². The first kappa shape index (κ1) is 16.1. The summed E-state index contributed by atoms with van der Waals surface area (Å²) in [5, 5.41) is 16.9. The third kappa shape index (κ3) is 3.61. The molecule has 124 valence electrons. The van der Waals surface area contributed by atoms with Crippen LogP contribution in [0.1, 0.15) is 28.6 Å². The molecule has 0 bridgehead atoms. The van der Waals surface area contributed by atoms with E-state index in [1.807, 2.05) is 36.6 Å². The molecular weight excluding hydrogens is 312 g/mol. The van der Waals surface area contributed by atoms with Crippen LogP contribution in [0.2, 0.25) is 0 Å². The third-order valence-corrected chi connectivity index (χ3v) is 5.43. The molecule has 0 spiro atoms. The largest absolute Gasteiger partial charge is 0.396 e. The average Bonchev–Trinajstić information content (AvgIpc) is 3.23. The molecule has 1 saturated heterocycles. The fourth-order valence-corrected chi connectivity index (χ4v) is 3.93. The van der Waals surface area contributed by atoms with Gasteiger partial charge in [0.25, 0.3) is 0 Å². The summed E-state index contributed by atoms with van der Waals surface area (Å²) in [6.07, 6.45) is 4.97. The van der Waals surface area contributed by atoms with E-state index in [1.165, 1.54) is 0 Å². The molecule has 0 radical (unpaired) electrons. The second-order valence-electron chi connectivity index (χ2n) is 6.18. The van der Waals surface area contributed by atoms with E-state index in [4.69, 9.17) is 0 Å². The number of rotatable bonds is 5. The van der Waals surface area contributed by atoms with Crippen molar-refractivity contribution in [1.82, 2.24) is 19.7 Å². The average molecular weight is 334 g/mol. The second kappa shape index (κ2) is 6.80. The Hall–Kier alpha value is -1.73. The Labute approximate surface area is 139 Å². The predicted molar refractivity (Wildman–Crippen MR) is 88.3 cm³/mol. The van der Waals surface area contributed by atoms with Crippen molar-refractivity contribution in [2.24, 2.45) is 13.0 Å². The molecule has 0 aromatic carbocycles. The number of aryl methyl sites for hydroxylation is 3. The summed E-state index contributed by atoms with van der Waals surface area (Å²) in [5.41, 5.74) is 2.10. The Kier molecular flexibility index (Phi) is 4.77. The lowest BCUT2D eigenvalue weighted by molar-refractivity contribution is -0.130. The summed E-state index contributed by atoms with van der Waals surface area (Å²) in [6.45, 7) is 3.33. The monoisotopic (exact) mass is 334 g/mol. The van der Waals surface area contributed by atoms with Crippen molar-refractivity contribution in [3.05, 3.63) is 34.0 Å². The maximum absolute atomic E-state index is 12.5. The van der Waals surface area contributed by atoms with Gasteiger partial charge in [-0.1, -0.05) is 0 Å². The van der Waals surface area contributed by atoms with Crippen LogP contribution in [0.25, 0.3) is 0 Å². The number of aromatic nitrogens is 3. The van der Waals surface area contributed by atoms with Gasteiger partial charge in [0.05, 0.1) is 11.2 Å². The molecule has 2 aromatic rings. The minimum absolute atomic E-state index is 0.0882. The number of nitrogens with zero attached hydrogens (tertiary/aromatic N) is 4. The molecule has 2 atom stereocenters. The van der Waals surface area contributed by atoms with Gasteiger partial charge in [-0.3, -0.25) is 9.48 Å². The van der Waals surface area contributed by atoms with Gasteiger partial charge in [0, 0.05) is 68.7 Å². The molecule has 1 aliphatic rings. The first-order valence-corrected chi connectivity index (χ1v) is 8.73. The number of aliphatic hydroxyl groups excluding tert-OH is 1. The lowest BCUT2D eigenvalue weighted by Gasteiger charge is -2.15. The molecular formula is C16H22N4O2S. The van der Waals surface area contributed by atoms with Crippen LogP contribution in [-0.4, -0.2) is 50.4 Å². The molecule has 7 heteroatoms. The fourth-order valence-electron chi connectivity index (χ4n) is 3.16. The number of hydrogen-bond acceptors (Lipinski definition) is 5. The Balaban J connectivity index is 1.61. The Morgan fingerprint density at radius 2 is 2.30 bits per heavy atom. The maximum atomic E-state index is 12.5. The van der Waals surface area contributed by atoms with E-state index in [9.17, 15) is 9.90 Å². The number of carbonyl (C=O) groups excluding carboxylic acids is 1. The highest BCUT2D eigenvalue weighted by Gasteiger charge is 2.36. The molecule has 0 unspecified atom stereocenters. The lowest BCUT2D eigenvalue weighted by atomic mass is 9.92. The van der Waals surface area contributed by atoms with Gasteiger partial charge in [0.2, 0.25) is 5.91 Å². The molecule has 1 fully saturated rings. The summed E-state index contributed by atoms with van der Waals surface area (Å²) in [5.74, 6) is 0.396. The number of amides is 1. The van der Waals surface area contributed by atoms with Crippen LogP contribution in [0.15, 0.2) is 17.8 Å². The molecule has 23 heavy (non-hydrogen) atoms. The van der Waals surface area contributed by atoms with Crippen molar-refractivity contribution in [2.75, 3.05) is 19.7 Å². The summed E-state index contributed by atoms with van der Waals surface area (Å²) >= 11 is 1.61. The molecule has 1 N–H and O–H groups in total. The number of carbonyl (C=O) groups is 1. The standard InChI is InChI=1S/C16H22N4O2S/c1-11-10-23-15(18-11)3-4-16(22)20-7-13(9-21)14(8-20)12-5-17-19(2)6-12/h5-6,10,13-14,21H,3-4,7-9H2,1-2H3/t13-,14-/m0/s1. The number of aliphatic hydroxyl groups is 1. The van der Waals surface area contributed by atoms with E-state index in [-0.39, 0.29) is 24.3 Å². The normalized spacial score (nSPS) is 21.1. The van der Waals surface area contributed by atoms with Gasteiger partial charge in [-0.05, 0) is 12.5 Å². The minimum atomic E-state index is 0.0882. The molecule has 2 aromatic heterocycles. The second-order valence-corrected chi connectivity index (χ2v) is 7.12. The van der Waals surface area contributed by atoms with E-state index in [2.05, 4.69) is 10.1 Å². The van der Waals surface area contributed by atoms with Gasteiger partial charge in [0.1, 0.15) is 0 Å². The SMILES string of the molecule is Cc1csc(CCC(=O)N2C[C@@H](CO)[C@H](c3cnn(C)c3)C2)n1. The van der Waals surface area contributed by atoms with Gasteiger partial charge in [0.15, 0.2) is 0 Å². The van der Waals surface area contributed by atoms with Gasteiger partial charge in [-0.2, -0.15) is 5.10 Å². The zero-order chi connectivity index (χ0) is 16.4. The highest BCUT2D eigenvalue weighted by atomic mass is 32.1. The van der Waals surface area contributed by atoms with Crippen LogP contribution in [0, 0.1) is 12.8 Å². The van der Waals surface area contributed by atoms with Gasteiger partial charge in [-0.25, -0.2) is 4.98 Å². The van der Waals surface area contributed by atoms with Crippen molar-refractivity contribution in [1.29, 1.82) is 0 Å². The third-order valence-electron chi connectivity index (χ3n) is 4.40. The fraction of sp³-hybridized carbons (Fsp3) is 0.562. The summed E-state index contributed by atoms with van der Waals surface area (Å²) in [6, 6.07) is 0. The summed E-state index contributed by atoms with van der Waals surface area (Å²) in [4.78, 5) is 18.7. The Bertz CT molecular complexity index is 681. The van der Waals surface area contributed by atoms with E-state index in [0.717, 1.165) is 16.3 Å². The van der Waals surface area contributed by atoms with Crippen LogP contribution in [0.5, 0.6) is 0 Å². The molecule has 1 amide bonds. The molecule has 3 heterocycles. The molecule has 0 saturated carbocycles. The summed E-state index contributed by atoms with van der Waals surface area (Å²) in [7, 11) is 1.88. The van der Waals surface area contributed by atoms with Crippen LogP contribution < -0.4 is 0 Å². The van der Waals surface area contributed by atoms with E-state index >= 15 is 0 Å². The number of likely N-dealkylation sites (tertiary alicyclic amines) is 1. The quantitative estimate of drug-likeness (QED) is 0.896. The van der Waals surface area contributed by atoms with E-state index in [1.54, 1.807) is 16.0 Å². The smallest absolute Gasteiger partial charge is 0.223 e. The zero-order valence-corrected chi connectivity index (χ0v) is 14.3. The number of thiazole rings is 1. The Morgan fingerprint density at radius 1 is 1.48 bits per heavy atom. The van der Waals surface area contributed by atoms with Crippen LogP contribution in [-0.2, 0) is 18.3 Å². The molecule has 0 aliphatic carbocycles. The predicted octanol–water partition coefficient (Wildman–Crippen LogP) is 1.35. The molecule has 1 aliphatic heterocycles. The molecule has 6 nitrogen and oxygen atoms in total. The Morgan fingerprint density at radius 3 is 2.91 bits per heavy atom. The van der Waals surface area contributed by atoms with E-state index < -0.39 is 0 Å². The highest BCUT2D eigenvalue weighted by Crippen LogP contribution is 2.32. The zero-order valence-electron chi connectivity index (χ0n) is 13.5. The minimum Gasteiger partial charge on any atom is -0.396 e. The van der Waals surface area contributed by atoms with Crippen molar-refractivity contribution < 1.29 is 9.90 Å². The number of hydrogen-bond donors (Lipinski definition) is 1. The highest BCUT2D eigenvalue weighted by molar-refractivity contribution is 7.09. The van der Waals surface area contributed by atoms with Crippen LogP contribution >= 0.6 is 11.3 Å². The topological polar surface area (TPSA) is 71.2 Å². The van der Waals surface area contributed by atoms with Gasteiger partial charge in [-0.15, -0.1) is 11.3 Å². The van der Waals surface area contributed by atoms with E-state index in [0.29, 0.717) is 25.9 Å².